The second-order valence-corrected chi connectivity index (χ2v) is 5.73. The number of thiophene rings is 1. The first kappa shape index (κ1) is 13.6. The highest BCUT2D eigenvalue weighted by Crippen LogP contribution is 2.31. The second kappa shape index (κ2) is 6.36. The van der Waals surface area contributed by atoms with E-state index in [-0.39, 0.29) is 12.1 Å². The Balaban J connectivity index is 2.24. The quantitative estimate of drug-likeness (QED) is 0.885. The number of para-hydroxylation sites is 1. The summed E-state index contributed by atoms with van der Waals surface area (Å²) in [5.41, 5.74) is 7.31. The van der Waals surface area contributed by atoms with Gasteiger partial charge in [-0.2, -0.15) is 11.3 Å². The summed E-state index contributed by atoms with van der Waals surface area (Å²) in [6, 6.07) is 9.91. The summed E-state index contributed by atoms with van der Waals surface area (Å²) in [5.74, 6) is 0.831. The molecule has 2 N–H and O–H groups in total. The summed E-state index contributed by atoms with van der Waals surface area (Å²) in [7, 11) is 0. The van der Waals surface area contributed by atoms with Crippen LogP contribution in [0.15, 0.2) is 45.6 Å². The van der Waals surface area contributed by atoms with E-state index in [1.807, 2.05) is 29.6 Å². The Hall–Kier alpha value is -0.840. The van der Waals surface area contributed by atoms with Crippen molar-refractivity contribution in [2.24, 2.45) is 5.73 Å². The summed E-state index contributed by atoms with van der Waals surface area (Å²) >= 11 is 5.16. The van der Waals surface area contributed by atoms with Crippen LogP contribution < -0.4 is 10.5 Å². The Morgan fingerprint density at radius 3 is 2.72 bits per heavy atom. The van der Waals surface area contributed by atoms with E-state index in [4.69, 9.17) is 10.5 Å². The number of halogens is 1. The SMILES string of the molecule is CCC(N)C(Oc1ccccc1Br)c1ccsc1. The fourth-order valence-corrected chi connectivity index (χ4v) is 2.79. The van der Waals surface area contributed by atoms with Crippen LogP contribution in [0.2, 0.25) is 0 Å². The molecule has 0 saturated heterocycles. The molecular weight excluding hydrogens is 310 g/mol. The molecule has 2 atom stereocenters. The van der Waals surface area contributed by atoms with E-state index < -0.39 is 0 Å². The van der Waals surface area contributed by atoms with Crippen LogP contribution >= 0.6 is 27.3 Å². The minimum absolute atomic E-state index is 0.00768. The standard InChI is InChI=1S/C14H16BrNOS/c1-2-12(16)14(10-7-8-18-9-10)17-13-6-4-3-5-11(13)15/h3-9,12,14H,2,16H2,1H3. The lowest BCUT2D eigenvalue weighted by Gasteiger charge is -2.24. The van der Waals surface area contributed by atoms with Crippen LogP contribution in [0.3, 0.4) is 0 Å². The van der Waals surface area contributed by atoms with Crippen molar-refractivity contribution in [3.05, 3.63) is 51.1 Å². The number of hydrogen-bond acceptors (Lipinski definition) is 3. The monoisotopic (exact) mass is 325 g/mol. The van der Waals surface area contributed by atoms with Crippen molar-refractivity contribution in [2.45, 2.75) is 25.5 Å². The lowest BCUT2D eigenvalue weighted by molar-refractivity contribution is 0.170. The Morgan fingerprint density at radius 2 is 2.11 bits per heavy atom. The van der Waals surface area contributed by atoms with Crippen molar-refractivity contribution in [1.29, 1.82) is 0 Å². The molecule has 0 aliphatic rings. The second-order valence-electron chi connectivity index (χ2n) is 4.10. The van der Waals surface area contributed by atoms with E-state index >= 15 is 0 Å². The Morgan fingerprint density at radius 1 is 1.33 bits per heavy atom. The number of hydrogen-bond donors (Lipinski definition) is 1. The summed E-state index contributed by atoms with van der Waals surface area (Å²) < 4.78 is 7.03. The van der Waals surface area contributed by atoms with Crippen molar-refractivity contribution in [2.75, 3.05) is 0 Å². The summed E-state index contributed by atoms with van der Waals surface area (Å²) in [6.45, 7) is 2.08. The fourth-order valence-electron chi connectivity index (χ4n) is 1.73. The van der Waals surface area contributed by atoms with E-state index in [0.717, 1.165) is 22.2 Å². The van der Waals surface area contributed by atoms with E-state index in [0.29, 0.717) is 0 Å². The van der Waals surface area contributed by atoms with Gasteiger partial charge in [-0.15, -0.1) is 0 Å². The first-order valence-corrected chi connectivity index (χ1v) is 7.64. The maximum atomic E-state index is 6.17. The predicted octanol–water partition coefficient (Wildman–Crippen LogP) is 4.37. The van der Waals surface area contributed by atoms with Crippen molar-refractivity contribution in [1.82, 2.24) is 0 Å². The molecule has 0 radical (unpaired) electrons. The Labute approximate surface area is 120 Å². The number of benzene rings is 1. The molecule has 1 aromatic heterocycles. The summed E-state index contributed by atoms with van der Waals surface area (Å²) in [4.78, 5) is 0. The highest BCUT2D eigenvalue weighted by molar-refractivity contribution is 9.10. The molecule has 0 amide bonds. The van der Waals surface area contributed by atoms with Crippen LogP contribution in [-0.4, -0.2) is 6.04 Å². The predicted molar refractivity (Wildman–Crippen MR) is 80.1 cm³/mol. The van der Waals surface area contributed by atoms with Gasteiger partial charge in [-0.05, 0) is 51.3 Å². The molecule has 1 aromatic carbocycles. The zero-order valence-electron chi connectivity index (χ0n) is 10.2. The van der Waals surface area contributed by atoms with Crippen LogP contribution in [0.25, 0.3) is 0 Å². The van der Waals surface area contributed by atoms with Gasteiger partial charge in [0.05, 0.1) is 4.47 Å². The zero-order chi connectivity index (χ0) is 13.0. The highest BCUT2D eigenvalue weighted by Gasteiger charge is 2.21. The smallest absolute Gasteiger partial charge is 0.140 e. The lowest BCUT2D eigenvalue weighted by atomic mass is 10.0. The lowest BCUT2D eigenvalue weighted by Crippen LogP contribution is -2.31. The maximum Gasteiger partial charge on any atom is 0.140 e. The van der Waals surface area contributed by atoms with Crippen LogP contribution in [0.4, 0.5) is 0 Å². The van der Waals surface area contributed by atoms with E-state index in [1.165, 1.54) is 0 Å². The molecule has 0 saturated carbocycles. The molecule has 0 spiro atoms. The van der Waals surface area contributed by atoms with Crippen molar-refractivity contribution < 1.29 is 4.74 Å². The van der Waals surface area contributed by atoms with Crippen molar-refractivity contribution in [3.63, 3.8) is 0 Å². The van der Waals surface area contributed by atoms with Gasteiger partial charge in [0.25, 0.3) is 0 Å². The van der Waals surface area contributed by atoms with Crippen LogP contribution in [0, 0.1) is 0 Å². The average molecular weight is 326 g/mol. The summed E-state index contributed by atoms with van der Waals surface area (Å²) in [5, 5.41) is 4.14. The first-order chi connectivity index (χ1) is 8.72. The largest absolute Gasteiger partial charge is 0.483 e. The van der Waals surface area contributed by atoms with Gasteiger partial charge in [-0.25, -0.2) is 0 Å². The van der Waals surface area contributed by atoms with Gasteiger partial charge in [-0.3, -0.25) is 0 Å². The van der Waals surface area contributed by atoms with Gasteiger partial charge in [-0.1, -0.05) is 19.1 Å². The fraction of sp³-hybridized carbons (Fsp3) is 0.286. The molecule has 2 aromatic rings. The Bertz CT molecular complexity index is 486. The van der Waals surface area contributed by atoms with Gasteiger partial charge < -0.3 is 10.5 Å². The van der Waals surface area contributed by atoms with E-state index in [2.05, 4.69) is 34.3 Å². The van der Waals surface area contributed by atoms with Gasteiger partial charge >= 0.3 is 0 Å². The molecule has 4 heteroatoms. The van der Waals surface area contributed by atoms with Gasteiger partial charge in [0, 0.05) is 11.6 Å². The van der Waals surface area contributed by atoms with Gasteiger partial charge in [0.2, 0.25) is 0 Å². The highest BCUT2D eigenvalue weighted by atomic mass is 79.9. The number of ether oxygens (including phenoxy) is 1. The molecule has 18 heavy (non-hydrogen) atoms. The molecule has 0 bridgehead atoms. The number of rotatable bonds is 5. The van der Waals surface area contributed by atoms with Crippen LogP contribution in [0.1, 0.15) is 25.0 Å². The zero-order valence-corrected chi connectivity index (χ0v) is 12.6. The van der Waals surface area contributed by atoms with Crippen LogP contribution in [-0.2, 0) is 0 Å². The Kier molecular flexibility index (Phi) is 4.80. The number of nitrogens with two attached hydrogens (primary N) is 1. The third-order valence-electron chi connectivity index (χ3n) is 2.82. The maximum absolute atomic E-state index is 6.17. The van der Waals surface area contributed by atoms with Crippen molar-refractivity contribution in [3.8, 4) is 5.75 Å². The van der Waals surface area contributed by atoms with Gasteiger partial charge in [0.15, 0.2) is 0 Å². The van der Waals surface area contributed by atoms with Crippen LogP contribution in [0.5, 0.6) is 5.75 Å². The molecule has 96 valence electrons. The molecule has 2 nitrogen and oxygen atoms in total. The molecule has 0 aliphatic carbocycles. The normalized spacial score (nSPS) is 14.2. The topological polar surface area (TPSA) is 35.2 Å². The average Bonchev–Trinajstić information content (AvgIpc) is 2.90. The van der Waals surface area contributed by atoms with E-state index in [1.54, 1.807) is 11.3 Å². The van der Waals surface area contributed by atoms with E-state index in [9.17, 15) is 0 Å². The molecule has 2 rings (SSSR count). The minimum Gasteiger partial charge on any atom is -0.483 e. The van der Waals surface area contributed by atoms with Crippen molar-refractivity contribution >= 4 is 27.3 Å². The molecule has 2 unspecified atom stereocenters. The molecular formula is C14H16BrNOS. The van der Waals surface area contributed by atoms with Gasteiger partial charge in [0.1, 0.15) is 11.9 Å². The molecule has 0 fully saturated rings. The third-order valence-corrected chi connectivity index (χ3v) is 4.18. The first-order valence-electron chi connectivity index (χ1n) is 5.91. The summed E-state index contributed by atoms with van der Waals surface area (Å²) in [6.07, 6.45) is 0.783. The molecule has 0 aliphatic heterocycles. The third kappa shape index (κ3) is 3.13. The minimum atomic E-state index is -0.0973. The molecule has 1 heterocycles.